The van der Waals surface area contributed by atoms with Crippen LogP contribution in [0.5, 0.6) is 0 Å². The fraction of sp³-hybridized carbons (Fsp3) is 0.647. The summed E-state index contributed by atoms with van der Waals surface area (Å²) in [5.74, 6) is 0.0628. The van der Waals surface area contributed by atoms with Gasteiger partial charge in [-0.2, -0.15) is 0 Å². The van der Waals surface area contributed by atoms with Gasteiger partial charge < -0.3 is 23.7 Å². The second-order valence-corrected chi connectivity index (χ2v) is 6.67. The number of carbonyl (C=O) groups excluding carboxylic acids is 4. The van der Waals surface area contributed by atoms with Crippen molar-refractivity contribution < 1.29 is 42.9 Å². The van der Waals surface area contributed by atoms with Crippen molar-refractivity contribution in [2.45, 2.75) is 57.5 Å². The van der Waals surface area contributed by atoms with Crippen molar-refractivity contribution >= 4 is 35.6 Å². The minimum Gasteiger partial charge on any atom is -0.463 e. The van der Waals surface area contributed by atoms with Crippen molar-refractivity contribution in [1.29, 1.82) is 0 Å². The highest BCUT2D eigenvalue weighted by atomic mass is 32.2. The molecule has 1 heterocycles. The summed E-state index contributed by atoms with van der Waals surface area (Å²) < 4.78 is 26.6. The highest BCUT2D eigenvalue weighted by Gasteiger charge is 2.52. The number of rotatable bonds is 7. The fourth-order valence-corrected chi connectivity index (χ4v) is 3.33. The van der Waals surface area contributed by atoms with E-state index in [0.717, 1.165) is 25.6 Å². The van der Waals surface area contributed by atoms with Gasteiger partial charge in [-0.05, 0) is 0 Å². The summed E-state index contributed by atoms with van der Waals surface area (Å²) in [6.07, 6.45) is 0.919. The number of carbonyl (C=O) groups is 4. The Balaban J connectivity index is 3.25. The van der Waals surface area contributed by atoms with Crippen molar-refractivity contribution in [2.24, 2.45) is 0 Å². The molecule has 10 heteroatoms. The zero-order valence-corrected chi connectivity index (χ0v) is 16.3. The molecule has 150 valence electrons. The molecule has 1 unspecified atom stereocenters. The second kappa shape index (κ2) is 10.8. The highest BCUT2D eigenvalue weighted by molar-refractivity contribution is 8.00. The van der Waals surface area contributed by atoms with Crippen LogP contribution in [-0.2, 0) is 42.9 Å². The Bertz CT molecular complexity index is 612. The molecule has 1 rings (SSSR count). The van der Waals surface area contributed by atoms with Gasteiger partial charge in [0.1, 0.15) is 18.1 Å². The van der Waals surface area contributed by atoms with Crippen LogP contribution < -0.4 is 0 Å². The van der Waals surface area contributed by atoms with Gasteiger partial charge in [0.05, 0.1) is 5.75 Å². The lowest BCUT2D eigenvalue weighted by molar-refractivity contribution is -0.237. The molecule has 0 aromatic heterocycles. The van der Waals surface area contributed by atoms with Gasteiger partial charge >= 0.3 is 23.9 Å². The van der Waals surface area contributed by atoms with Gasteiger partial charge in [-0.3, -0.25) is 19.2 Å². The molecule has 27 heavy (non-hydrogen) atoms. The zero-order chi connectivity index (χ0) is 20.6. The first-order valence-corrected chi connectivity index (χ1v) is 9.06. The molecule has 0 spiro atoms. The van der Waals surface area contributed by atoms with E-state index >= 15 is 0 Å². The molecule has 0 aromatic rings. The Hall–Kier alpha value is -2.25. The van der Waals surface area contributed by atoms with Crippen LogP contribution in [0.4, 0.5) is 0 Å². The van der Waals surface area contributed by atoms with Gasteiger partial charge in [0.15, 0.2) is 18.3 Å². The van der Waals surface area contributed by atoms with E-state index in [-0.39, 0.29) is 12.4 Å². The third-order valence-electron chi connectivity index (χ3n) is 3.28. The maximum absolute atomic E-state index is 11.6. The quantitative estimate of drug-likeness (QED) is 0.337. The lowest BCUT2D eigenvalue weighted by Crippen LogP contribution is -2.61. The molecule has 0 amide bonds. The summed E-state index contributed by atoms with van der Waals surface area (Å²) in [5, 5.41) is 0. The summed E-state index contributed by atoms with van der Waals surface area (Å²) in [7, 11) is 0. The largest absolute Gasteiger partial charge is 0.463 e. The van der Waals surface area contributed by atoms with Crippen LogP contribution in [0, 0.1) is 12.3 Å². The van der Waals surface area contributed by atoms with E-state index < -0.39 is 53.7 Å². The number of thioether (sulfide) groups is 1. The first-order valence-electron chi connectivity index (χ1n) is 8.01. The third kappa shape index (κ3) is 7.48. The van der Waals surface area contributed by atoms with Crippen LogP contribution in [0.25, 0.3) is 0 Å². The van der Waals surface area contributed by atoms with Crippen molar-refractivity contribution in [3.05, 3.63) is 0 Å². The number of hydrogen-bond donors (Lipinski definition) is 0. The summed E-state index contributed by atoms with van der Waals surface area (Å²) in [6.45, 7) is 4.45. The summed E-state index contributed by atoms with van der Waals surface area (Å²) in [4.78, 5) is 45.9. The minimum atomic E-state index is -1.17. The number of terminal acetylenes is 1. The van der Waals surface area contributed by atoms with Crippen LogP contribution in [0.2, 0.25) is 0 Å². The molecule has 5 atom stereocenters. The molecule has 1 aliphatic heterocycles. The van der Waals surface area contributed by atoms with E-state index in [0.29, 0.717) is 0 Å². The molecule has 0 N–H and O–H groups in total. The molecule has 0 aromatic carbocycles. The molecule has 1 aliphatic rings. The Morgan fingerprint density at radius 1 is 0.889 bits per heavy atom. The first-order chi connectivity index (χ1) is 12.6. The molecule has 0 radical (unpaired) electrons. The van der Waals surface area contributed by atoms with E-state index in [4.69, 9.17) is 30.1 Å². The standard InChI is InChI=1S/C17H22O9S/c1-6-7-27-17-16(25-12(5)21)15(24-11(4)20)14(23-10(3)19)13(26-17)8-22-9(2)18/h1,13-17H,7-8H2,2-5H3/t13-,14-,15+,16+,17?/m1/s1. The fourth-order valence-electron chi connectivity index (χ4n) is 2.45. The number of esters is 4. The predicted octanol–water partition coefficient (Wildman–Crippen LogP) is 0.436. The van der Waals surface area contributed by atoms with E-state index in [2.05, 4.69) is 5.92 Å². The van der Waals surface area contributed by atoms with Gasteiger partial charge in [-0.1, -0.05) is 5.92 Å². The van der Waals surface area contributed by atoms with Gasteiger partial charge in [0.2, 0.25) is 0 Å². The Labute approximate surface area is 161 Å². The third-order valence-corrected chi connectivity index (χ3v) is 4.32. The molecule has 0 bridgehead atoms. The minimum absolute atomic E-state index is 0.216. The molecule has 1 fully saturated rings. The van der Waals surface area contributed by atoms with Gasteiger partial charge in [-0.15, -0.1) is 18.2 Å². The van der Waals surface area contributed by atoms with Gasteiger partial charge in [0, 0.05) is 27.7 Å². The monoisotopic (exact) mass is 402 g/mol. The van der Waals surface area contributed by atoms with E-state index in [1.165, 1.54) is 13.8 Å². The molecular weight excluding hydrogens is 380 g/mol. The van der Waals surface area contributed by atoms with Crippen molar-refractivity contribution in [2.75, 3.05) is 12.4 Å². The van der Waals surface area contributed by atoms with E-state index in [1.807, 2.05) is 0 Å². The second-order valence-electron chi connectivity index (χ2n) is 5.58. The molecule has 9 nitrogen and oxygen atoms in total. The SMILES string of the molecule is C#CCSC1O[C@H](COC(C)=O)[C@@H](OC(C)=O)[C@H](OC(C)=O)[C@@H]1OC(C)=O. The Morgan fingerprint density at radius 2 is 1.41 bits per heavy atom. The van der Waals surface area contributed by atoms with E-state index in [1.54, 1.807) is 0 Å². The lowest BCUT2D eigenvalue weighted by atomic mass is 9.99. The number of ether oxygens (including phenoxy) is 5. The van der Waals surface area contributed by atoms with Crippen LogP contribution in [0.15, 0.2) is 0 Å². The molecule has 1 saturated heterocycles. The van der Waals surface area contributed by atoms with Crippen LogP contribution in [0.1, 0.15) is 27.7 Å². The summed E-state index contributed by atoms with van der Waals surface area (Å²) in [6, 6.07) is 0. The van der Waals surface area contributed by atoms with Crippen LogP contribution >= 0.6 is 11.8 Å². The van der Waals surface area contributed by atoms with Crippen molar-refractivity contribution in [1.82, 2.24) is 0 Å². The van der Waals surface area contributed by atoms with Crippen molar-refractivity contribution in [3.8, 4) is 12.3 Å². The van der Waals surface area contributed by atoms with Gasteiger partial charge in [0.25, 0.3) is 0 Å². The van der Waals surface area contributed by atoms with E-state index in [9.17, 15) is 19.2 Å². The molecule has 0 saturated carbocycles. The topological polar surface area (TPSA) is 114 Å². The van der Waals surface area contributed by atoms with Crippen molar-refractivity contribution in [3.63, 3.8) is 0 Å². The first kappa shape index (κ1) is 22.8. The van der Waals surface area contributed by atoms with Crippen LogP contribution in [-0.4, -0.2) is 66.1 Å². The summed E-state index contributed by atoms with van der Waals surface area (Å²) >= 11 is 1.13. The maximum atomic E-state index is 11.6. The molecular formula is C17H22O9S. The van der Waals surface area contributed by atoms with Gasteiger partial charge in [-0.25, -0.2) is 0 Å². The Kier molecular flexibility index (Phi) is 9.11. The highest BCUT2D eigenvalue weighted by Crippen LogP contribution is 2.34. The average molecular weight is 402 g/mol. The Morgan fingerprint density at radius 3 is 1.89 bits per heavy atom. The summed E-state index contributed by atoms with van der Waals surface area (Å²) in [5.41, 5.74) is -0.832. The normalized spacial score (nSPS) is 27.0. The lowest BCUT2D eigenvalue weighted by Gasteiger charge is -2.44. The predicted molar refractivity (Wildman–Crippen MR) is 93.2 cm³/mol. The zero-order valence-electron chi connectivity index (χ0n) is 15.5. The maximum Gasteiger partial charge on any atom is 0.303 e. The average Bonchev–Trinajstić information content (AvgIpc) is 2.54. The smallest absolute Gasteiger partial charge is 0.303 e. The molecule has 0 aliphatic carbocycles. The number of hydrogen-bond acceptors (Lipinski definition) is 10. The van der Waals surface area contributed by atoms with Crippen LogP contribution in [0.3, 0.4) is 0 Å².